The van der Waals surface area contributed by atoms with E-state index in [0.29, 0.717) is 31.7 Å². The number of amides is 1. The molecule has 0 bridgehead atoms. The quantitative estimate of drug-likeness (QED) is 0.843. The van der Waals surface area contributed by atoms with Crippen LogP contribution in [0.1, 0.15) is 26.3 Å². The van der Waals surface area contributed by atoms with Gasteiger partial charge in [-0.15, -0.1) is 0 Å². The lowest BCUT2D eigenvalue weighted by Crippen LogP contribution is -2.50. The maximum absolute atomic E-state index is 12.0. The van der Waals surface area contributed by atoms with Crippen molar-refractivity contribution < 1.29 is 14.7 Å². The van der Waals surface area contributed by atoms with Gasteiger partial charge in [0.15, 0.2) is 0 Å². The van der Waals surface area contributed by atoms with Crippen molar-refractivity contribution >= 4 is 17.5 Å². The maximum Gasteiger partial charge on any atom is 0.410 e. The van der Waals surface area contributed by atoms with Crippen LogP contribution in [0.25, 0.3) is 0 Å². The van der Waals surface area contributed by atoms with Crippen molar-refractivity contribution in [3.05, 3.63) is 29.0 Å². The van der Waals surface area contributed by atoms with Crippen molar-refractivity contribution in [1.82, 2.24) is 4.90 Å². The molecule has 0 unspecified atom stereocenters. The molecule has 23 heavy (non-hydrogen) atoms. The van der Waals surface area contributed by atoms with Crippen LogP contribution in [0.15, 0.2) is 18.2 Å². The molecule has 1 amide bonds. The molecule has 0 radical (unpaired) electrons. The second-order valence-electron chi connectivity index (χ2n) is 6.70. The first-order valence-corrected chi connectivity index (χ1v) is 7.67. The van der Waals surface area contributed by atoms with Gasteiger partial charge in [0.05, 0.1) is 5.69 Å². The van der Waals surface area contributed by atoms with Crippen LogP contribution in [0.2, 0.25) is 0 Å². The average molecular weight is 322 g/mol. The van der Waals surface area contributed by atoms with E-state index >= 15 is 0 Å². The first kappa shape index (κ1) is 17.4. The topological polar surface area (TPSA) is 79.3 Å². The number of rotatable bonds is 2. The summed E-state index contributed by atoms with van der Waals surface area (Å²) in [7, 11) is 0. The third-order valence-electron chi connectivity index (χ3n) is 3.68. The highest BCUT2D eigenvalue weighted by Crippen LogP contribution is 2.25. The summed E-state index contributed by atoms with van der Waals surface area (Å²) in [5.41, 5.74) is 1.42. The Labute approximate surface area is 136 Å². The Bertz CT molecular complexity index is 561. The lowest BCUT2D eigenvalue weighted by molar-refractivity contribution is 0.0240. The number of anilines is 2. The molecule has 0 atom stereocenters. The summed E-state index contributed by atoms with van der Waals surface area (Å²) in [4.78, 5) is 15.9. The van der Waals surface area contributed by atoms with Gasteiger partial charge in [-0.2, -0.15) is 0 Å². The standard InChI is InChI=1S/C16H24N3O4/c1-12-11-13(5-6-14(12)19(21)22)17-7-9-18(10-8-17)15(20)23-16(2,3)4/h5-6,11,21H,7-10H2,1-4H3/q-1. The Kier molecular flexibility index (Phi) is 5.01. The van der Waals surface area contributed by atoms with Crippen molar-refractivity contribution in [1.29, 1.82) is 0 Å². The molecular weight excluding hydrogens is 298 g/mol. The van der Waals surface area contributed by atoms with Gasteiger partial charge in [0.1, 0.15) is 5.60 Å². The number of aryl methyl sites for hydroxylation is 1. The number of carbonyl (C=O) groups excluding carboxylic acids is 1. The monoisotopic (exact) mass is 322 g/mol. The minimum Gasteiger partial charge on any atom is -0.733 e. The van der Waals surface area contributed by atoms with Gasteiger partial charge < -0.3 is 25.0 Å². The van der Waals surface area contributed by atoms with E-state index in [1.807, 2.05) is 26.8 Å². The van der Waals surface area contributed by atoms with Crippen LogP contribution >= 0.6 is 0 Å². The Morgan fingerprint density at radius 3 is 2.35 bits per heavy atom. The van der Waals surface area contributed by atoms with E-state index in [9.17, 15) is 10.0 Å². The van der Waals surface area contributed by atoms with E-state index in [1.165, 1.54) is 0 Å². The lowest BCUT2D eigenvalue weighted by atomic mass is 10.1. The SMILES string of the molecule is Cc1cc(N2CCN(C(=O)OC(C)(C)C)CC2)ccc1N([O-])O. The van der Waals surface area contributed by atoms with Crippen LogP contribution in [-0.4, -0.2) is 48.0 Å². The van der Waals surface area contributed by atoms with E-state index in [2.05, 4.69) is 4.90 Å². The van der Waals surface area contributed by atoms with Crippen molar-refractivity contribution in [2.24, 2.45) is 0 Å². The van der Waals surface area contributed by atoms with Crippen molar-refractivity contribution in [3.63, 3.8) is 0 Å². The van der Waals surface area contributed by atoms with Gasteiger partial charge in [-0.1, -0.05) is 0 Å². The van der Waals surface area contributed by atoms with Gasteiger partial charge in [-0.25, -0.2) is 4.79 Å². The predicted octanol–water partition coefficient (Wildman–Crippen LogP) is 2.75. The molecule has 0 aliphatic carbocycles. The Morgan fingerprint density at radius 1 is 1.26 bits per heavy atom. The van der Waals surface area contributed by atoms with Crippen molar-refractivity contribution in [2.45, 2.75) is 33.3 Å². The molecule has 1 saturated heterocycles. The van der Waals surface area contributed by atoms with Gasteiger partial charge in [0.2, 0.25) is 0 Å². The highest BCUT2D eigenvalue weighted by molar-refractivity contribution is 5.69. The lowest BCUT2D eigenvalue weighted by Gasteiger charge is -2.37. The Balaban J connectivity index is 1.97. The van der Waals surface area contributed by atoms with E-state index in [-0.39, 0.29) is 17.0 Å². The third-order valence-corrected chi connectivity index (χ3v) is 3.68. The molecule has 1 aromatic carbocycles. The largest absolute Gasteiger partial charge is 0.733 e. The van der Waals surface area contributed by atoms with Crippen LogP contribution in [-0.2, 0) is 4.74 Å². The van der Waals surface area contributed by atoms with Crippen LogP contribution in [0.4, 0.5) is 16.2 Å². The fourth-order valence-corrected chi connectivity index (χ4v) is 2.52. The summed E-state index contributed by atoms with van der Waals surface area (Å²) in [6.07, 6.45) is -0.286. The Morgan fingerprint density at radius 2 is 1.87 bits per heavy atom. The fourth-order valence-electron chi connectivity index (χ4n) is 2.52. The first-order valence-electron chi connectivity index (χ1n) is 7.67. The minimum atomic E-state index is -0.490. The zero-order valence-corrected chi connectivity index (χ0v) is 14.1. The zero-order chi connectivity index (χ0) is 17.2. The van der Waals surface area contributed by atoms with Crippen LogP contribution in [0.3, 0.4) is 0 Å². The summed E-state index contributed by atoms with van der Waals surface area (Å²) in [5.74, 6) is 0. The number of benzene rings is 1. The molecule has 1 aliphatic heterocycles. The van der Waals surface area contributed by atoms with Gasteiger partial charge in [-0.3, -0.25) is 5.21 Å². The van der Waals surface area contributed by atoms with E-state index < -0.39 is 5.60 Å². The number of nitrogens with zero attached hydrogens (tertiary/aromatic N) is 3. The molecule has 7 heteroatoms. The molecule has 1 aromatic rings. The van der Waals surface area contributed by atoms with Gasteiger partial charge in [0.25, 0.3) is 0 Å². The summed E-state index contributed by atoms with van der Waals surface area (Å²) in [6, 6.07) is 5.25. The molecule has 0 aromatic heterocycles. The van der Waals surface area contributed by atoms with Crippen molar-refractivity contribution in [2.75, 3.05) is 36.3 Å². The summed E-state index contributed by atoms with van der Waals surface area (Å²) >= 11 is 0. The molecule has 1 N–H and O–H groups in total. The van der Waals surface area contributed by atoms with Crippen LogP contribution in [0, 0.1) is 12.1 Å². The highest BCUT2D eigenvalue weighted by atomic mass is 16.8. The molecular formula is C16H24N3O4-. The first-order chi connectivity index (χ1) is 10.7. The minimum absolute atomic E-state index is 0.125. The highest BCUT2D eigenvalue weighted by Gasteiger charge is 2.26. The normalized spacial score (nSPS) is 15.6. The molecule has 128 valence electrons. The zero-order valence-electron chi connectivity index (χ0n) is 14.1. The molecule has 1 fully saturated rings. The maximum atomic E-state index is 12.0. The number of ether oxygens (including phenoxy) is 1. The van der Waals surface area contributed by atoms with E-state index in [1.54, 1.807) is 24.0 Å². The number of carbonyl (C=O) groups is 1. The molecule has 7 nitrogen and oxygen atoms in total. The second-order valence-corrected chi connectivity index (χ2v) is 6.70. The van der Waals surface area contributed by atoms with Crippen molar-refractivity contribution in [3.8, 4) is 0 Å². The van der Waals surface area contributed by atoms with Crippen LogP contribution in [0.5, 0.6) is 0 Å². The molecule has 0 saturated carbocycles. The summed E-state index contributed by atoms with van der Waals surface area (Å²) in [5, 5.41) is 19.9. The molecule has 1 heterocycles. The molecule has 1 aliphatic rings. The van der Waals surface area contributed by atoms with Crippen LogP contribution < -0.4 is 10.1 Å². The number of piperazine rings is 1. The van der Waals surface area contributed by atoms with Gasteiger partial charge in [0, 0.05) is 31.9 Å². The van der Waals surface area contributed by atoms with Gasteiger partial charge in [-0.05, 0) is 51.5 Å². The Hall–Kier alpha value is -1.99. The van der Waals surface area contributed by atoms with Gasteiger partial charge >= 0.3 is 6.09 Å². The van der Waals surface area contributed by atoms with E-state index in [4.69, 9.17) is 9.94 Å². The smallest absolute Gasteiger partial charge is 0.410 e. The third kappa shape index (κ3) is 4.49. The average Bonchev–Trinajstić information content (AvgIpc) is 2.45. The molecule has 0 spiro atoms. The second kappa shape index (κ2) is 6.64. The molecule has 2 rings (SSSR count). The number of hydrogen-bond acceptors (Lipinski definition) is 6. The fraction of sp³-hybridized carbons (Fsp3) is 0.562. The van der Waals surface area contributed by atoms with E-state index in [0.717, 1.165) is 5.69 Å². The summed E-state index contributed by atoms with van der Waals surface area (Å²) < 4.78 is 5.38. The number of hydrogen-bond donors (Lipinski definition) is 1. The predicted molar refractivity (Wildman–Crippen MR) is 88.8 cm³/mol. The summed E-state index contributed by atoms with van der Waals surface area (Å²) in [6.45, 7) is 9.89.